The van der Waals surface area contributed by atoms with Gasteiger partial charge in [-0.15, -0.1) is 0 Å². The van der Waals surface area contributed by atoms with Crippen LogP contribution in [0.5, 0.6) is 11.5 Å². The van der Waals surface area contributed by atoms with Crippen molar-refractivity contribution in [1.29, 1.82) is 0 Å². The zero-order valence-electron chi connectivity index (χ0n) is 13.4. The van der Waals surface area contributed by atoms with Crippen molar-refractivity contribution in [3.8, 4) is 11.5 Å². The molecule has 1 aromatic rings. The van der Waals surface area contributed by atoms with Crippen molar-refractivity contribution in [2.24, 2.45) is 0 Å². The second-order valence-electron chi connectivity index (χ2n) is 5.68. The second kappa shape index (κ2) is 6.96. The van der Waals surface area contributed by atoms with Gasteiger partial charge in [0, 0.05) is 25.2 Å². The number of carbonyl (C=O) groups excluding carboxylic acids is 1. The minimum atomic E-state index is -3.25. The van der Waals surface area contributed by atoms with Gasteiger partial charge < -0.3 is 19.5 Å². The number of hydrogen-bond donors (Lipinski definition) is 1. The Balaban J connectivity index is 1.57. The predicted octanol–water partition coefficient (Wildman–Crippen LogP) is -0.152. The maximum absolute atomic E-state index is 12.3. The largest absolute Gasteiger partial charge is 0.486 e. The Hall–Kier alpha value is -1.84. The Labute approximate surface area is 140 Å². The minimum Gasteiger partial charge on any atom is -0.486 e. The molecule has 0 saturated carbocycles. The Morgan fingerprint density at radius 3 is 2.75 bits per heavy atom. The molecule has 24 heavy (non-hydrogen) atoms. The summed E-state index contributed by atoms with van der Waals surface area (Å²) in [4.78, 5) is 12.3. The molecule has 1 saturated heterocycles. The lowest BCUT2D eigenvalue weighted by atomic mass is 10.1. The molecular weight excluding hydrogens is 336 g/mol. The number of amides is 1. The fourth-order valence-electron chi connectivity index (χ4n) is 2.61. The third kappa shape index (κ3) is 3.97. The maximum Gasteiger partial charge on any atom is 0.251 e. The molecule has 3 rings (SSSR count). The van der Waals surface area contributed by atoms with Crippen molar-refractivity contribution < 1.29 is 27.4 Å². The van der Waals surface area contributed by atoms with E-state index in [1.807, 2.05) is 0 Å². The zero-order valence-corrected chi connectivity index (χ0v) is 14.2. The number of morpholine rings is 1. The van der Waals surface area contributed by atoms with Gasteiger partial charge in [-0.25, -0.2) is 8.42 Å². The molecule has 1 amide bonds. The van der Waals surface area contributed by atoms with Gasteiger partial charge in [-0.3, -0.25) is 4.79 Å². The summed E-state index contributed by atoms with van der Waals surface area (Å²) in [6.45, 7) is 2.08. The van der Waals surface area contributed by atoms with Crippen molar-refractivity contribution >= 4 is 15.9 Å². The first-order valence-corrected chi connectivity index (χ1v) is 9.53. The number of nitrogens with zero attached hydrogens (tertiary/aromatic N) is 1. The van der Waals surface area contributed by atoms with Crippen LogP contribution in [0.3, 0.4) is 0 Å². The molecule has 0 aromatic heterocycles. The number of nitrogens with one attached hydrogen (secondary N) is 1. The summed E-state index contributed by atoms with van der Waals surface area (Å²) in [6, 6.07) is 4.99. The van der Waals surface area contributed by atoms with Gasteiger partial charge in [-0.2, -0.15) is 4.31 Å². The Morgan fingerprint density at radius 2 is 2.00 bits per heavy atom. The number of hydrogen-bond acceptors (Lipinski definition) is 6. The number of sulfonamides is 1. The van der Waals surface area contributed by atoms with E-state index in [-0.39, 0.29) is 25.1 Å². The van der Waals surface area contributed by atoms with Crippen LogP contribution < -0.4 is 14.8 Å². The molecule has 0 aliphatic carbocycles. The lowest BCUT2D eigenvalue weighted by Crippen LogP contribution is -2.49. The predicted molar refractivity (Wildman–Crippen MR) is 85.9 cm³/mol. The molecule has 2 aliphatic rings. The van der Waals surface area contributed by atoms with Crippen LogP contribution in [-0.4, -0.2) is 70.4 Å². The number of ether oxygens (including phenoxy) is 3. The lowest BCUT2D eigenvalue weighted by molar-refractivity contribution is 0.000436. The molecule has 9 heteroatoms. The van der Waals surface area contributed by atoms with Crippen molar-refractivity contribution in [2.75, 3.05) is 45.7 Å². The first kappa shape index (κ1) is 17.0. The van der Waals surface area contributed by atoms with Crippen molar-refractivity contribution in [3.63, 3.8) is 0 Å². The normalized spacial score (nSPS) is 21.3. The van der Waals surface area contributed by atoms with Crippen LogP contribution in [0, 0.1) is 0 Å². The van der Waals surface area contributed by atoms with Crippen molar-refractivity contribution in [2.45, 2.75) is 6.10 Å². The Bertz CT molecular complexity index is 721. The van der Waals surface area contributed by atoms with Crippen LogP contribution in [0.1, 0.15) is 10.4 Å². The van der Waals surface area contributed by atoms with E-state index in [1.165, 1.54) is 10.6 Å². The van der Waals surface area contributed by atoms with E-state index in [4.69, 9.17) is 14.2 Å². The standard InChI is InChI=1S/C15H20N2O6S/c1-24(19,20)17-4-5-21-12(10-17)9-16-15(18)11-2-3-13-14(8-11)23-7-6-22-13/h2-3,8,12H,4-7,9-10H2,1H3,(H,16,18)/t12-/m0/s1. The molecule has 0 radical (unpaired) electrons. The highest BCUT2D eigenvalue weighted by atomic mass is 32.2. The van der Waals surface area contributed by atoms with E-state index < -0.39 is 10.0 Å². The molecule has 0 bridgehead atoms. The zero-order chi connectivity index (χ0) is 17.2. The molecule has 1 fully saturated rings. The van der Waals surface area contributed by atoms with Gasteiger partial charge in [0.15, 0.2) is 11.5 Å². The maximum atomic E-state index is 12.3. The minimum absolute atomic E-state index is 0.235. The molecule has 2 heterocycles. The third-order valence-corrected chi connectivity index (χ3v) is 5.13. The molecule has 1 aromatic carbocycles. The summed E-state index contributed by atoms with van der Waals surface area (Å²) in [5.74, 6) is 0.898. The molecule has 2 aliphatic heterocycles. The monoisotopic (exact) mass is 356 g/mol. The highest BCUT2D eigenvalue weighted by molar-refractivity contribution is 7.88. The highest BCUT2D eigenvalue weighted by Gasteiger charge is 2.27. The van der Waals surface area contributed by atoms with Crippen molar-refractivity contribution in [1.82, 2.24) is 9.62 Å². The SMILES string of the molecule is CS(=O)(=O)N1CCO[C@@H](CNC(=O)c2ccc3c(c2)OCCO3)C1. The smallest absolute Gasteiger partial charge is 0.251 e. The number of rotatable bonds is 4. The van der Waals surface area contributed by atoms with Crippen molar-refractivity contribution in [3.05, 3.63) is 23.8 Å². The average molecular weight is 356 g/mol. The van der Waals surface area contributed by atoms with Gasteiger partial charge in [0.1, 0.15) is 13.2 Å². The molecule has 132 valence electrons. The van der Waals surface area contributed by atoms with Crippen LogP contribution in [0.15, 0.2) is 18.2 Å². The van der Waals surface area contributed by atoms with Gasteiger partial charge in [-0.05, 0) is 18.2 Å². The van der Waals surface area contributed by atoms with Crippen LogP contribution >= 0.6 is 0 Å². The van der Waals surface area contributed by atoms with E-state index in [2.05, 4.69) is 5.32 Å². The molecule has 1 N–H and O–H groups in total. The van der Waals surface area contributed by atoms with Crippen LogP contribution in [0.25, 0.3) is 0 Å². The van der Waals surface area contributed by atoms with Gasteiger partial charge in [0.2, 0.25) is 10.0 Å². The number of fused-ring (bicyclic) bond motifs is 1. The summed E-state index contributed by atoms with van der Waals surface area (Å²) in [5, 5.41) is 2.77. The quantitative estimate of drug-likeness (QED) is 0.806. The fraction of sp³-hybridized carbons (Fsp3) is 0.533. The number of benzene rings is 1. The number of carbonyl (C=O) groups is 1. The van der Waals surface area contributed by atoms with E-state index in [0.717, 1.165) is 0 Å². The van der Waals surface area contributed by atoms with Crippen LogP contribution in [-0.2, 0) is 14.8 Å². The van der Waals surface area contributed by atoms with Gasteiger partial charge in [0.05, 0.1) is 19.0 Å². The second-order valence-corrected chi connectivity index (χ2v) is 7.66. The first-order valence-electron chi connectivity index (χ1n) is 7.68. The first-order chi connectivity index (χ1) is 11.4. The van der Waals surface area contributed by atoms with Gasteiger partial charge >= 0.3 is 0 Å². The summed E-state index contributed by atoms with van der Waals surface area (Å²) in [5.41, 5.74) is 0.454. The third-order valence-electron chi connectivity index (χ3n) is 3.87. The Kier molecular flexibility index (Phi) is 4.93. The summed E-state index contributed by atoms with van der Waals surface area (Å²) >= 11 is 0. The highest BCUT2D eigenvalue weighted by Crippen LogP contribution is 2.30. The molecular formula is C15H20N2O6S. The van der Waals surface area contributed by atoms with E-state index in [0.29, 0.717) is 43.4 Å². The van der Waals surface area contributed by atoms with Gasteiger partial charge in [0.25, 0.3) is 5.91 Å². The topological polar surface area (TPSA) is 94.2 Å². The van der Waals surface area contributed by atoms with E-state index in [1.54, 1.807) is 18.2 Å². The average Bonchev–Trinajstić information content (AvgIpc) is 2.59. The van der Waals surface area contributed by atoms with Gasteiger partial charge in [-0.1, -0.05) is 0 Å². The van der Waals surface area contributed by atoms with Crippen LogP contribution in [0.4, 0.5) is 0 Å². The lowest BCUT2D eigenvalue weighted by Gasteiger charge is -2.31. The molecule has 1 atom stereocenters. The molecule has 0 spiro atoms. The van der Waals surface area contributed by atoms with E-state index in [9.17, 15) is 13.2 Å². The fourth-order valence-corrected chi connectivity index (χ4v) is 3.45. The van der Waals surface area contributed by atoms with Crippen LogP contribution in [0.2, 0.25) is 0 Å². The molecule has 0 unspecified atom stereocenters. The summed E-state index contributed by atoms with van der Waals surface area (Å²) in [7, 11) is -3.25. The van der Waals surface area contributed by atoms with E-state index >= 15 is 0 Å². The summed E-state index contributed by atoms with van der Waals surface area (Å²) in [6.07, 6.45) is 0.804. The molecule has 8 nitrogen and oxygen atoms in total. The Morgan fingerprint density at radius 1 is 1.25 bits per heavy atom. The summed E-state index contributed by atoms with van der Waals surface area (Å²) < 4.78 is 40.9.